The predicted octanol–water partition coefficient (Wildman–Crippen LogP) is 1.35. The van der Waals surface area contributed by atoms with Crippen LogP contribution < -0.4 is 10.6 Å². The van der Waals surface area contributed by atoms with Crippen molar-refractivity contribution in [3.05, 3.63) is 24.2 Å². The van der Waals surface area contributed by atoms with E-state index in [0.29, 0.717) is 19.0 Å². The molecule has 1 aromatic rings. The highest BCUT2D eigenvalue weighted by Crippen LogP contribution is 2.05. The van der Waals surface area contributed by atoms with Crippen LogP contribution >= 0.6 is 0 Å². The number of rotatable bonds is 7. The lowest BCUT2D eigenvalue weighted by Crippen LogP contribution is -2.48. The molecule has 0 saturated carbocycles. The molecule has 0 aromatic carbocycles. The fourth-order valence-electron chi connectivity index (χ4n) is 2.70. The normalized spacial score (nSPS) is 18.1. The molecular weight excluding hydrogens is 280 g/mol. The second-order valence-corrected chi connectivity index (χ2v) is 5.98. The molecule has 2 heterocycles. The van der Waals surface area contributed by atoms with Gasteiger partial charge in [0.25, 0.3) is 0 Å². The molecule has 1 aliphatic heterocycles. The molecule has 124 valence electrons. The number of nitrogens with zero attached hydrogens (tertiary/aromatic N) is 2. The first-order valence-corrected chi connectivity index (χ1v) is 8.16. The van der Waals surface area contributed by atoms with Gasteiger partial charge in [-0.3, -0.25) is 0 Å². The fraction of sp³-hybridized carbons (Fsp3) is 0.688. The van der Waals surface area contributed by atoms with Crippen molar-refractivity contribution in [1.82, 2.24) is 20.4 Å². The van der Waals surface area contributed by atoms with Crippen molar-refractivity contribution in [1.29, 1.82) is 0 Å². The van der Waals surface area contributed by atoms with Gasteiger partial charge in [0.2, 0.25) is 0 Å². The zero-order valence-corrected chi connectivity index (χ0v) is 13.7. The third-order valence-corrected chi connectivity index (χ3v) is 4.10. The molecule has 2 N–H and O–H groups in total. The van der Waals surface area contributed by atoms with E-state index in [2.05, 4.69) is 34.3 Å². The topological polar surface area (TPSA) is 60.8 Å². The number of hydrogen-bond acceptors (Lipinski definition) is 4. The molecule has 1 aliphatic rings. The lowest BCUT2D eigenvalue weighted by Gasteiger charge is -2.35. The summed E-state index contributed by atoms with van der Waals surface area (Å²) in [5.74, 6) is 1.21. The number of carbonyl (C=O) groups excluding carboxylic acids is 1. The van der Waals surface area contributed by atoms with Crippen molar-refractivity contribution >= 4 is 6.03 Å². The summed E-state index contributed by atoms with van der Waals surface area (Å²) in [5, 5.41) is 5.72. The van der Waals surface area contributed by atoms with E-state index in [1.807, 2.05) is 12.1 Å². The molecule has 2 amide bonds. The monoisotopic (exact) mass is 308 g/mol. The largest absolute Gasteiger partial charge is 0.467 e. The third-order valence-electron chi connectivity index (χ3n) is 4.10. The van der Waals surface area contributed by atoms with Gasteiger partial charge in [-0.05, 0) is 24.6 Å². The summed E-state index contributed by atoms with van der Waals surface area (Å²) < 4.78 is 5.17. The van der Waals surface area contributed by atoms with E-state index >= 15 is 0 Å². The first-order chi connectivity index (χ1) is 10.7. The summed E-state index contributed by atoms with van der Waals surface area (Å²) in [6, 6.07) is 3.52. The Morgan fingerprint density at radius 1 is 1.27 bits per heavy atom. The number of hydrogen-bond donors (Lipinski definition) is 2. The Kier molecular flexibility index (Phi) is 6.74. The molecule has 1 saturated heterocycles. The number of amides is 2. The second-order valence-electron chi connectivity index (χ2n) is 5.98. The molecule has 0 unspecified atom stereocenters. The Labute approximate surface area is 132 Å². The van der Waals surface area contributed by atoms with Gasteiger partial charge in [0.05, 0.1) is 12.8 Å². The van der Waals surface area contributed by atoms with Gasteiger partial charge in [0.1, 0.15) is 5.76 Å². The molecule has 0 spiro atoms. The molecule has 0 radical (unpaired) electrons. The van der Waals surface area contributed by atoms with Crippen molar-refractivity contribution < 1.29 is 9.21 Å². The zero-order chi connectivity index (χ0) is 15.8. The molecule has 6 heteroatoms. The summed E-state index contributed by atoms with van der Waals surface area (Å²) in [7, 11) is 0. The first kappa shape index (κ1) is 16.8. The highest BCUT2D eigenvalue weighted by molar-refractivity contribution is 5.73. The molecule has 6 nitrogen and oxygen atoms in total. The number of nitrogens with one attached hydrogen (secondary N) is 2. The van der Waals surface area contributed by atoms with E-state index in [1.165, 1.54) is 0 Å². The van der Waals surface area contributed by atoms with Gasteiger partial charge in [-0.25, -0.2) is 4.79 Å². The molecule has 1 aromatic heterocycles. The van der Waals surface area contributed by atoms with E-state index < -0.39 is 0 Å². The van der Waals surface area contributed by atoms with Crippen LogP contribution in [0.2, 0.25) is 0 Å². The van der Waals surface area contributed by atoms with E-state index in [9.17, 15) is 4.79 Å². The average molecular weight is 308 g/mol. The summed E-state index contributed by atoms with van der Waals surface area (Å²) in [6.07, 6.45) is 1.61. The van der Waals surface area contributed by atoms with Gasteiger partial charge in [-0.2, -0.15) is 0 Å². The minimum absolute atomic E-state index is 0.140. The minimum Gasteiger partial charge on any atom is -0.467 e. The van der Waals surface area contributed by atoms with Crippen LogP contribution in [0.5, 0.6) is 0 Å². The Balaban J connectivity index is 1.57. The van der Waals surface area contributed by atoms with E-state index in [0.717, 1.165) is 45.0 Å². The van der Waals surface area contributed by atoms with Gasteiger partial charge in [-0.15, -0.1) is 0 Å². The Hall–Kier alpha value is -1.53. The average Bonchev–Trinajstić information content (AvgIpc) is 3.05. The number of likely N-dealkylation sites (N-methyl/N-ethyl adjacent to an activating group) is 1. The first-order valence-electron chi connectivity index (χ1n) is 8.16. The number of furan rings is 1. The van der Waals surface area contributed by atoms with Crippen LogP contribution in [0.3, 0.4) is 0 Å². The standard InChI is InChI=1S/C16H28N4O2/c1-3-19-6-8-20(9-7-19)13-14(2)11-17-16(21)18-12-15-5-4-10-22-15/h4-5,10,14H,3,6-9,11-13H2,1-2H3,(H2,17,18,21)/t14-/m1/s1. The number of carbonyl (C=O) groups is 1. The van der Waals surface area contributed by atoms with Crippen molar-refractivity contribution in [2.24, 2.45) is 5.92 Å². The predicted molar refractivity (Wildman–Crippen MR) is 86.7 cm³/mol. The van der Waals surface area contributed by atoms with Crippen LogP contribution in [-0.2, 0) is 6.54 Å². The van der Waals surface area contributed by atoms with Crippen molar-refractivity contribution in [3.8, 4) is 0 Å². The van der Waals surface area contributed by atoms with Gasteiger partial charge in [0.15, 0.2) is 0 Å². The Bertz CT molecular complexity index is 427. The zero-order valence-electron chi connectivity index (χ0n) is 13.7. The Morgan fingerprint density at radius 2 is 2.00 bits per heavy atom. The lowest BCUT2D eigenvalue weighted by atomic mass is 10.1. The maximum atomic E-state index is 11.7. The summed E-state index contributed by atoms with van der Waals surface area (Å²) in [5.41, 5.74) is 0. The van der Waals surface area contributed by atoms with Gasteiger partial charge in [0, 0.05) is 39.3 Å². The maximum absolute atomic E-state index is 11.7. The highest BCUT2D eigenvalue weighted by atomic mass is 16.3. The fourth-order valence-corrected chi connectivity index (χ4v) is 2.70. The van der Waals surface area contributed by atoms with Crippen LogP contribution in [0.15, 0.2) is 22.8 Å². The Morgan fingerprint density at radius 3 is 2.64 bits per heavy atom. The van der Waals surface area contributed by atoms with Crippen LogP contribution in [-0.4, -0.2) is 61.6 Å². The second kappa shape index (κ2) is 8.80. The summed E-state index contributed by atoms with van der Waals surface area (Å²) in [4.78, 5) is 16.7. The third kappa shape index (κ3) is 5.69. The summed E-state index contributed by atoms with van der Waals surface area (Å²) >= 11 is 0. The maximum Gasteiger partial charge on any atom is 0.315 e. The quantitative estimate of drug-likeness (QED) is 0.798. The highest BCUT2D eigenvalue weighted by Gasteiger charge is 2.17. The van der Waals surface area contributed by atoms with Crippen LogP contribution in [0.4, 0.5) is 4.79 Å². The van der Waals surface area contributed by atoms with Crippen molar-refractivity contribution in [3.63, 3.8) is 0 Å². The van der Waals surface area contributed by atoms with Crippen molar-refractivity contribution in [2.75, 3.05) is 45.8 Å². The minimum atomic E-state index is -0.140. The van der Waals surface area contributed by atoms with E-state index in [-0.39, 0.29) is 6.03 Å². The molecule has 22 heavy (non-hydrogen) atoms. The molecule has 1 fully saturated rings. The smallest absolute Gasteiger partial charge is 0.315 e. The lowest BCUT2D eigenvalue weighted by molar-refractivity contribution is 0.124. The summed E-state index contributed by atoms with van der Waals surface area (Å²) in [6.45, 7) is 12.2. The molecule has 0 aliphatic carbocycles. The van der Waals surface area contributed by atoms with Crippen LogP contribution in [0.1, 0.15) is 19.6 Å². The molecule has 0 bridgehead atoms. The van der Waals surface area contributed by atoms with Gasteiger partial charge < -0.3 is 24.9 Å². The van der Waals surface area contributed by atoms with Crippen molar-refractivity contribution in [2.45, 2.75) is 20.4 Å². The van der Waals surface area contributed by atoms with Gasteiger partial charge in [-0.1, -0.05) is 13.8 Å². The molecule has 2 rings (SSSR count). The number of piperazine rings is 1. The molecule has 1 atom stereocenters. The van der Waals surface area contributed by atoms with E-state index in [4.69, 9.17) is 4.42 Å². The van der Waals surface area contributed by atoms with Gasteiger partial charge >= 0.3 is 6.03 Å². The van der Waals surface area contributed by atoms with Crippen LogP contribution in [0.25, 0.3) is 0 Å². The number of urea groups is 1. The van der Waals surface area contributed by atoms with E-state index in [1.54, 1.807) is 6.26 Å². The SMILES string of the molecule is CCN1CCN(C[C@H](C)CNC(=O)NCc2ccco2)CC1. The molecular formula is C16H28N4O2. The van der Waals surface area contributed by atoms with Crippen LogP contribution in [0, 0.1) is 5.92 Å².